The third-order valence-electron chi connectivity index (χ3n) is 5.53. The van der Waals surface area contributed by atoms with Crippen LogP contribution in [-0.4, -0.2) is 61.1 Å². The van der Waals surface area contributed by atoms with Gasteiger partial charge in [0.1, 0.15) is 15.9 Å². The maximum absolute atomic E-state index is 13.0. The maximum atomic E-state index is 13.0. The van der Waals surface area contributed by atoms with Gasteiger partial charge in [0.25, 0.3) is 0 Å². The number of aliphatic carboxylic acids is 1. The van der Waals surface area contributed by atoms with E-state index in [9.17, 15) is 26.7 Å². The van der Waals surface area contributed by atoms with Gasteiger partial charge in [-0.15, -0.1) is 0 Å². The van der Waals surface area contributed by atoms with Crippen molar-refractivity contribution in [3.8, 4) is 0 Å². The summed E-state index contributed by atoms with van der Waals surface area (Å²) in [6, 6.07) is -1.22. The normalized spacial score (nSPS) is 35.7. The summed E-state index contributed by atoms with van der Waals surface area (Å²) >= 11 is 0. The van der Waals surface area contributed by atoms with Crippen LogP contribution >= 0.6 is 0 Å². The van der Waals surface area contributed by atoms with Crippen LogP contribution in [0.5, 0.6) is 0 Å². The molecule has 1 aliphatic carbocycles. The molecule has 0 bridgehead atoms. The van der Waals surface area contributed by atoms with Crippen LogP contribution in [0.1, 0.15) is 44.9 Å². The monoisotopic (exact) mass is 365 g/mol. The third-order valence-corrected chi connectivity index (χ3v) is 9.67. The second kappa shape index (κ2) is 6.00. The molecule has 0 aromatic rings. The number of rotatable bonds is 3. The summed E-state index contributed by atoms with van der Waals surface area (Å²) in [5.74, 6) is -1.23. The zero-order chi connectivity index (χ0) is 16.8. The number of carboxylic acids is 1. The van der Waals surface area contributed by atoms with Crippen LogP contribution < -0.4 is 0 Å². The molecular weight excluding hydrogens is 342 g/mol. The van der Waals surface area contributed by atoms with Crippen LogP contribution in [0.25, 0.3) is 0 Å². The number of fused-ring (bicyclic) bond motifs is 1. The minimum Gasteiger partial charge on any atom is -0.480 e. The molecule has 23 heavy (non-hydrogen) atoms. The Morgan fingerprint density at radius 1 is 1.04 bits per heavy atom. The molecule has 0 radical (unpaired) electrons. The van der Waals surface area contributed by atoms with Gasteiger partial charge < -0.3 is 5.11 Å². The molecule has 9 heteroatoms. The maximum Gasteiger partial charge on any atom is 0.322 e. The second-order valence-electron chi connectivity index (χ2n) is 6.93. The SMILES string of the molecule is O=C(O)C1CC2CCCCC2N1S(=O)(=O)C1CCS(=O)(=O)CC1. The quantitative estimate of drug-likeness (QED) is 0.785. The molecule has 132 valence electrons. The number of hydrogen-bond donors (Lipinski definition) is 1. The smallest absolute Gasteiger partial charge is 0.322 e. The highest BCUT2D eigenvalue weighted by molar-refractivity contribution is 7.92. The lowest BCUT2D eigenvalue weighted by atomic mass is 9.85. The molecule has 3 fully saturated rings. The molecule has 3 atom stereocenters. The van der Waals surface area contributed by atoms with Gasteiger partial charge in [-0.3, -0.25) is 4.79 Å². The van der Waals surface area contributed by atoms with Crippen molar-refractivity contribution in [2.75, 3.05) is 11.5 Å². The fraction of sp³-hybridized carbons (Fsp3) is 0.929. The molecule has 3 unspecified atom stereocenters. The van der Waals surface area contributed by atoms with E-state index in [1.54, 1.807) is 0 Å². The largest absolute Gasteiger partial charge is 0.480 e. The molecule has 2 saturated heterocycles. The summed E-state index contributed by atoms with van der Waals surface area (Å²) in [6.07, 6.45) is 4.04. The minimum atomic E-state index is -3.79. The van der Waals surface area contributed by atoms with E-state index in [0.29, 0.717) is 12.8 Å². The first-order valence-corrected chi connectivity index (χ1v) is 11.5. The zero-order valence-electron chi connectivity index (χ0n) is 12.9. The van der Waals surface area contributed by atoms with Crippen LogP contribution in [0, 0.1) is 5.92 Å². The number of sulfonamides is 1. The van der Waals surface area contributed by atoms with Gasteiger partial charge in [0.2, 0.25) is 10.0 Å². The Labute approximate surface area is 137 Å². The van der Waals surface area contributed by atoms with Crippen molar-refractivity contribution in [2.45, 2.75) is 62.3 Å². The number of nitrogens with zero attached hydrogens (tertiary/aromatic N) is 1. The standard InChI is InChI=1S/C14H23NO6S2/c16-14(17)13-9-10-3-1-2-4-12(10)15(13)23(20,21)11-5-7-22(18,19)8-6-11/h10-13H,1-9H2,(H,16,17). The summed E-state index contributed by atoms with van der Waals surface area (Å²) in [5.41, 5.74) is 0. The van der Waals surface area contributed by atoms with Crippen molar-refractivity contribution < 1.29 is 26.7 Å². The molecule has 7 nitrogen and oxygen atoms in total. The minimum absolute atomic E-state index is 0.0743. The third kappa shape index (κ3) is 3.15. The fourth-order valence-corrected chi connectivity index (χ4v) is 8.49. The van der Waals surface area contributed by atoms with Gasteiger partial charge in [-0.05, 0) is 38.0 Å². The van der Waals surface area contributed by atoms with E-state index in [1.807, 2.05) is 0 Å². The van der Waals surface area contributed by atoms with E-state index in [1.165, 1.54) is 4.31 Å². The van der Waals surface area contributed by atoms with Gasteiger partial charge in [0.15, 0.2) is 0 Å². The number of sulfone groups is 1. The van der Waals surface area contributed by atoms with Gasteiger partial charge in [-0.25, -0.2) is 16.8 Å². The lowest BCUT2D eigenvalue weighted by Gasteiger charge is -2.35. The van der Waals surface area contributed by atoms with E-state index in [0.717, 1.165) is 19.3 Å². The summed E-state index contributed by atoms with van der Waals surface area (Å²) in [5, 5.41) is 8.70. The number of carboxylic acid groups (broad SMARTS) is 1. The molecular formula is C14H23NO6S2. The predicted molar refractivity (Wildman–Crippen MR) is 84.2 cm³/mol. The van der Waals surface area contributed by atoms with Crippen molar-refractivity contribution in [2.24, 2.45) is 5.92 Å². The summed E-state index contributed by atoms with van der Waals surface area (Å²) in [6.45, 7) is 0. The summed E-state index contributed by atoms with van der Waals surface area (Å²) in [7, 11) is -6.94. The highest BCUT2D eigenvalue weighted by atomic mass is 32.2. The molecule has 0 spiro atoms. The summed E-state index contributed by atoms with van der Waals surface area (Å²) < 4.78 is 50.4. The van der Waals surface area contributed by atoms with E-state index in [2.05, 4.69) is 0 Å². The molecule has 3 aliphatic rings. The van der Waals surface area contributed by atoms with Gasteiger partial charge in [0, 0.05) is 6.04 Å². The van der Waals surface area contributed by atoms with Gasteiger partial charge >= 0.3 is 5.97 Å². The first kappa shape index (κ1) is 17.2. The van der Waals surface area contributed by atoms with Crippen molar-refractivity contribution >= 4 is 25.8 Å². The topological polar surface area (TPSA) is 109 Å². The fourth-order valence-electron chi connectivity index (χ4n) is 4.33. The van der Waals surface area contributed by atoms with Crippen LogP contribution in [0.3, 0.4) is 0 Å². The molecule has 0 aromatic carbocycles. The Bertz CT molecular complexity index is 672. The molecule has 1 saturated carbocycles. The zero-order valence-corrected chi connectivity index (χ0v) is 14.6. The van der Waals surface area contributed by atoms with E-state index < -0.39 is 37.1 Å². The molecule has 2 aliphatic heterocycles. The Balaban J connectivity index is 1.88. The highest BCUT2D eigenvalue weighted by Gasteiger charge is 2.52. The average molecular weight is 365 g/mol. The van der Waals surface area contributed by atoms with E-state index in [-0.39, 0.29) is 36.3 Å². The second-order valence-corrected chi connectivity index (χ2v) is 11.3. The number of hydrogen-bond acceptors (Lipinski definition) is 5. The molecule has 2 heterocycles. The van der Waals surface area contributed by atoms with E-state index >= 15 is 0 Å². The first-order valence-electron chi connectivity index (χ1n) is 8.18. The Hall–Kier alpha value is -0.670. The van der Waals surface area contributed by atoms with Gasteiger partial charge in [-0.2, -0.15) is 4.31 Å². The highest BCUT2D eigenvalue weighted by Crippen LogP contribution is 2.43. The van der Waals surface area contributed by atoms with Crippen LogP contribution in [0.4, 0.5) is 0 Å². The predicted octanol–water partition coefficient (Wildman–Crippen LogP) is 0.611. The van der Waals surface area contributed by atoms with Crippen molar-refractivity contribution in [1.82, 2.24) is 4.31 Å². The number of carbonyl (C=O) groups is 1. The Kier molecular flexibility index (Phi) is 4.48. The van der Waals surface area contributed by atoms with Crippen LogP contribution in [0.2, 0.25) is 0 Å². The Morgan fingerprint density at radius 2 is 1.65 bits per heavy atom. The lowest BCUT2D eigenvalue weighted by molar-refractivity contribution is -0.141. The summed E-state index contributed by atoms with van der Waals surface area (Å²) in [4.78, 5) is 11.6. The van der Waals surface area contributed by atoms with Crippen LogP contribution in [0.15, 0.2) is 0 Å². The molecule has 0 amide bonds. The molecule has 3 rings (SSSR count). The lowest BCUT2D eigenvalue weighted by Crippen LogP contribution is -2.51. The van der Waals surface area contributed by atoms with Crippen LogP contribution in [-0.2, 0) is 24.7 Å². The molecule has 0 aromatic heterocycles. The van der Waals surface area contributed by atoms with Crippen molar-refractivity contribution in [3.63, 3.8) is 0 Å². The Morgan fingerprint density at radius 3 is 2.26 bits per heavy atom. The van der Waals surface area contributed by atoms with E-state index in [4.69, 9.17) is 0 Å². The first-order chi connectivity index (χ1) is 10.7. The van der Waals surface area contributed by atoms with Gasteiger partial charge in [-0.1, -0.05) is 12.8 Å². The van der Waals surface area contributed by atoms with Gasteiger partial charge in [0.05, 0.1) is 16.8 Å². The van der Waals surface area contributed by atoms with Crippen molar-refractivity contribution in [1.29, 1.82) is 0 Å². The van der Waals surface area contributed by atoms with Crippen molar-refractivity contribution in [3.05, 3.63) is 0 Å². The molecule has 1 N–H and O–H groups in total. The average Bonchev–Trinajstić information content (AvgIpc) is 2.87.